The zero-order valence-electron chi connectivity index (χ0n) is 37.3. The molecule has 0 aliphatic rings. The van der Waals surface area contributed by atoms with E-state index in [9.17, 15) is 0 Å². The van der Waals surface area contributed by atoms with Crippen molar-refractivity contribution in [3.8, 4) is 56.7 Å². The van der Waals surface area contributed by atoms with Crippen LogP contribution < -0.4 is 0 Å². The van der Waals surface area contributed by atoms with Crippen LogP contribution in [-0.2, 0) is 0 Å². The van der Waals surface area contributed by atoms with Crippen molar-refractivity contribution in [1.82, 2.24) is 29.1 Å². The molecule has 0 N–H and O–H groups in total. The highest BCUT2D eigenvalue weighted by atomic mass is 32.1. The van der Waals surface area contributed by atoms with Crippen LogP contribution in [0.2, 0.25) is 0 Å². The van der Waals surface area contributed by atoms with Crippen molar-refractivity contribution >= 4 is 107 Å². The highest BCUT2D eigenvalue weighted by molar-refractivity contribution is 7.27. The Morgan fingerprint density at radius 2 is 0.786 bits per heavy atom. The van der Waals surface area contributed by atoms with E-state index in [1.54, 1.807) is 0 Å². The van der Waals surface area contributed by atoms with Crippen LogP contribution in [0.1, 0.15) is 0 Å². The number of fused-ring (bicyclic) bond motifs is 14. The van der Waals surface area contributed by atoms with Gasteiger partial charge in [-0.05, 0) is 60.7 Å². The second-order valence-corrected chi connectivity index (χ2v) is 19.8. The fourth-order valence-corrected chi connectivity index (χ4v) is 13.3. The molecule has 0 aliphatic carbocycles. The van der Waals surface area contributed by atoms with Crippen molar-refractivity contribution < 1.29 is 0 Å². The van der Waals surface area contributed by atoms with Gasteiger partial charge in [0.05, 0.1) is 33.4 Å². The lowest BCUT2D eigenvalue weighted by Gasteiger charge is -2.19. The highest BCUT2D eigenvalue weighted by Crippen LogP contribution is 2.48. The Bertz CT molecular complexity index is 4540. The van der Waals surface area contributed by atoms with Crippen molar-refractivity contribution in [3.63, 3.8) is 0 Å². The summed E-state index contributed by atoms with van der Waals surface area (Å²) in [6.07, 6.45) is 3.95. The third kappa shape index (κ3) is 5.84. The van der Waals surface area contributed by atoms with Gasteiger partial charge < -0.3 is 9.13 Å². The number of para-hydroxylation sites is 2. The molecule has 326 valence electrons. The average Bonchev–Trinajstić information content (AvgIpc) is 4.19. The zero-order valence-corrected chi connectivity index (χ0v) is 38.9. The number of rotatable bonds is 6. The second-order valence-electron chi connectivity index (χ2n) is 17.7. The Labute approximate surface area is 408 Å². The van der Waals surface area contributed by atoms with Gasteiger partial charge in [-0.3, -0.25) is 4.98 Å². The average molecular weight is 929 g/mol. The van der Waals surface area contributed by atoms with Gasteiger partial charge in [0.15, 0.2) is 17.5 Å². The fraction of sp³-hybridized carbons (Fsp3) is 0. The standard InChI is InChI=1S/C62H36N6S2/c1-3-15-37(16-4-1)60-64-61(38-17-5-2-6-18-38)66-62(65-60)39-27-30-50(67-48-23-11-7-21-44(48)56-52(67)31-28-42-40-19-9-13-25-54(40)69-58(42)56)46(35-39)47-36-63-34-33-51(47)68-49-24-12-8-22-45(49)57-53(68)32-29-43-41-20-10-14-26-55(41)70-59(43)57/h1-36H. The second kappa shape index (κ2) is 15.3. The molecule has 0 saturated heterocycles. The van der Waals surface area contributed by atoms with Crippen LogP contribution in [0.3, 0.4) is 0 Å². The van der Waals surface area contributed by atoms with E-state index >= 15 is 0 Å². The van der Waals surface area contributed by atoms with E-state index in [1.807, 2.05) is 71.5 Å². The number of hydrogen-bond acceptors (Lipinski definition) is 6. The first-order chi connectivity index (χ1) is 34.7. The van der Waals surface area contributed by atoms with Gasteiger partial charge in [0, 0.05) is 102 Å². The van der Waals surface area contributed by atoms with E-state index in [0.29, 0.717) is 17.5 Å². The van der Waals surface area contributed by atoms with Crippen LogP contribution in [0.25, 0.3) is 141 Å². The first-order valence-corrected chi connectivity index (χ1v) is 25.0. The van der Waals surface area contributed by atoms with Crippen LogP contribution in [-0.4, -0.2) is 29.1 Å². The number of aromatic nitrogens is 6. The monoisotopic (exact) mass is 928 g/mol. The molecule has 6 nitrogen and oxygen atoms in total. The first-order valence-electron chi connectivity index (χ1n) is 23.4. The molecule has 0 radical (unpaired) electrons. The maximum Gasteiger partial charge on any atom is 0.164 e. The van der Waals surface area contributed by atoms with Gasteiger partial charge in [0.1, 0.15) is 0 Å². The molecule has 15 aromatic rings. The first kappa shape index (κ1) is 39.2. The van der Waals surface area contributed by atoms with Gasteiger partial charge in [-0.2, -0.15) is 0 Å². The number of benzene rings is 9. The smallest absolute Gasteiger partial charge is 0.164 e. The molecule has 15 rings (SSSR count). The minimum absolute atomic E-state index is 0.587. The van der Waals surface area contributed by atoms with Crippen molar-refractivity contribution in [2.75, 3.05) is 0 Å². The normalized spacial score (nSPS) is 12.0. The van der Waals surface area contributed by atoms with Gasteiger partial charge in [0.2, 0.25) is 0 Å². The van der Waals surface area contributed by atoms with Gasteiger partial charge in [-0.15, -0.1) is 22.7 Å². The Morgan fingerprint density at radius 1 is 0.329 bits per heavy atom. The molecular weight excluding hydrogens is 893 g/mol. The minimum Gasteiger partial charge on any atom is -0.309 e. The van der Waals surface area contributed by atoms with Gasteiger partial charge >= 0.3 is 0 Å². The third-order valence-electron chi connectivity index (χ3n) is 13.9. The van der Waals surface area contributed by atoms with Crippen molar-refractivity contribution in [1.29, 1.82) is 0 Å². The molecule has 0 aliphatic heterocycles. The molecule has 9 aromatic carbocycles. The lowest BCUT2D eigenvalue weighted by atomic mass is 9.99. The summed E-state index contributed by atoms with van der Waals surface area (Å²) in [5, 5.41) is 10.1. The Kier molecular flexibility index (Phi) is 8.60. The van der Waals surface area contributed by atoms with Crippen LogP contribution >= 0.6 is 22.7 Å². The topological polar surface area (TPSA) is 61.4 Å². The number of hydrogen-bond donors (Lipinski definition) is 0. The summed E-state index contributed by atoms with van der Waals surface area (Å²) in [7, 11) is 0. The zero-order chi connectivity index (χ0) is 45.9. The summed E-state index contributed by atoms with van der Waals surface area (Å²) in [4.78, 5) is 20.5. The number of pyridine rings is 1. The summed E-state index contributed by atoms with van der Waals surface area (Å²) in [5.41, 5.74) is 11.3. The van der Waals surface area contributed by atoms with Gasteiger partial charge in [0.25, 0.3) is 0 Å². The molecule has 6 heterocycles. The van der Waals surface area contributed by atoms with E-state index < -0.39 is 0 Å². The molecule has 0 unspecified atom stereocenters. The molecule has 6 aromatic heterocycles. The van der Waals surface area contributed by atoms with E-state index in [1.165, 1.54) is 61.9 Å². The van der Waals surface area contributed by atoms with E-state index in [4.69, 9.17) is 19.9 Å². The Morgan fingerprint density at radius 3 is 1.33 bits per heavy atom. The molecule has 0 bridgehead atoms. The van der Waals surface area contributed by atoms with Crippen LogP contribution in [0.4, 0.5) is 0 Å². The van der Waals surface area contributed by atoms with Gasteiger partial charge in [-0.25, -0.2) is 15.0 Å². The SMILES string of the molecule is c1ccc(-c2nc(-c3ccccc3)nc(-c3ccc(-n4c5ccccc5c5c6sc7ccccc7c6ccc54)c(-c4cnccc4-n4c5ccccc5c5c6sc7ccccc7c6ccc54)c3)n2)cc1. The van der Waals surface area contributed by atoms with Gasteiger partial charge in [-0.1, -0.05) is 146 Å². The van der Waals surface area contributed by atoms with E-state index in [2.05, 4.69) is 179 Å². The lowest BCUT2D eigenvalue weighted by molar-refractivity contribution is 1.07. The quantitative estimate of drug-likeness (QED) is 0.167. The van der Waals surface area contributed by atoms with Crippen LogP contribution in [0.15, 0.2) is 219 Å². The molecule has 0 saturated carbocycles. The van der Waals surface area contributed by atoms with E-state index in [-0.39, 0.29) is 0 Å². The van der Waals surface area contributed by atoms with Crippen molar-refractivity contribution in [2.24, 2.45) is 0 Å². The maximum atomic E-state index is 5.24. The molecule has 0 spiro atoms. The summed E-state index contributed by atoms with van der Waals surface area (Å²) in [5.74, 6) is 1.82. The molecular formula is C62H36N6S2. The molecule has 8 heteroatoms. The Hall–Kier alpha value is -8.82. The number of thiophene rings is 2. The predicted molar refractivity (Wildman–Crippen MR) is 294 cm³/mol. The fourth-order valence-electron chi connectivity index (χ4n) is 10.8. The molecule has 0 fully saturated rings. The summed E-state index contributed by atoms with van der Waals surface area (Å²) >= 11 is 3.74. The Balaban J connectivity index is 1.04. The highest BCUT2D eigenvalue weighted by Gasteiger charge is 2.25. The molecule has 70 heavy (non-hydrogen) atoms. The van der Waals surface area contributed by atoms with Crippen molar-refractivity contribution in [3.05, 3.63) is 219 Å². The summed E-state index contributed by atoms with van der Waals surface area (Å²) in [6.45, 7) is 0. The predicted octanol–water partition coefficient (Wildman–Crippen LogP) is 16.9. The third-order valence-corrected chi connectivity index (χ3v) is 16.3. The molecule has 0 amide bonds. The maximum absolute atomic E-state index is 5.24. The molecule has 0 atom stereocenters. The lowest BCUT2D eigenvalue weighted by Crippen LogP contribution is -2.04. The van der Waals surface area contributed by atoms with E-state index in [0.717, 1.165) is 61.3 Å². The summed E-state index contributed by atoms with van der Waals surface area (Å²) in [6, 6.07) is 73.6. The van der Waals surface area contributed by atoms with Crippen LogP contribution in [0.5, 0.6) is 0 Å². The van der Waals surface area contributed by atoms with Crippen LogP contribution in [0, 0.1) is 0 Å². The summed E-state index contributed by atoms with van der Waals surface area (Å²) < 4.78 is 10.1. The largest absolute Gasteiger partial charge is 0.309 e. The minimum atomic E-state index is 0.587. The van der Waals surface area contributed by atoms with Crippen molar-refractivity contribution in [2.45, 2.75) is 0 Å². The number of nitrogens with zero attached hydrogens (tertiary/aromatic N) is 6.